The molecule has 1 fully saturated rings. The largest absolute Gasteiger partial charge is 0.350 e. The minimum atomic E-state index is -0.626. The summed E-state index contributed by atoms with van der Waals surface area (Å²) >= 11 is 1.71. The number of nitrogens with two attached hydrogens (primary N) is 1. The van der Waals surface area contributed by atoms with Crippen molar-refractivity contribution in [1.82, 2.24) is 5.32 Å². The zero-order valence-electron chi connectivity index (χ0n) is 10.7. The molecule has 0 spiro atoms. The molecule has 3 nitrogen and oxygen atoms in total. The second-order valence-electron chi connectivity index (χ2n) is 4.89. The van der Waals surface area contributed by atoms with E-state index in [1.165, 1.54) is 4.90 Å². The Morgan fingerprint density at radius 3 is 2.50 bits per heavy atom. The van der Waals surface area contributed by atoms with E-state index in [4.69, 9.17) is 5.73 Å². The predicted molar refractivity (Wildman–Crippen MR) is 75.5 cm³/mol. The summed E-state index contributed by atoms with van der Waals surface area (Å²) in [5, 5.41) is 2.95. The average Bonchev–Trinajstić information content (AvgIpc) is 2.85. The van der Waals surface area contributed by atoms with Gasteiger partial charge in [-0.1, -0.05) is 25.0 Å². The molecule has 0 heterocycles. The van der Waals surface area contributed by atoms with Crippen molar-refractivity contribution in [3.63, 3.8) is 0 Å². The van der Waals surface area contributed by atoms with E-state index in [1.54, 1.807) is 11.8 Å². The fourth-order valence-corrected chi connectivity index (χ4v) is 2.74. The first kappa shape index (κ1) is 13.4. The van der Waals surface area contributed by atoms with Gasteiger partial charge in [0.1, 0.15) is 0 Å². The van der Waals surface area contributed by atoms with E-state index in [9.17, 15) is 4.79 Å². The molecule has 1 aromatic carbocycles. The molecule has 4 heteroatoms. The summed E-state index contributed by atoms with van der Waals surface area (Å²) in [6, 6.07) is 8.23. The molecule has 0 unspecified atom stereocenters. The van der Waals surface area contributed by atoms with E-state index >= 15 is 0 Å². The molecule has 0 radical (unpaired) electrons. The van der Waals surface area contributed by atoms with E-state index in [1.807, 2.05) is 12.1 Å². The predicted octanol–water partition coefficient (Wildman–Crippen LogP) is 2.30. The summed E-state index contributed by atoms with van der Waals surface area (Å²) < 4.78 is 0. The SMILES string of the molecule is CSc1ccc(CNC(=O)C2(N)CCCC2)cc1. The zero-order chi connectivity index (χ0) is 13.0. The lowest BCUT2D eigenvalue weighted by Crippen LogP contribution is -2.51. The van der Waals surface area contributed by atoms with Crippen LogP contribution in [0.4, 0.5) is 0 Å². The van der Waals surface area contributed by atoms with Crippen LogP contribution < -0.4 is 11.1 Å². The fourth-order valence-electron chi connectivity index (χ4n) is 2.33. The average molecular weight is 264 g/mol. The Morgan fingerprint density at radius 1 is 1.33 bits per heavy atom. The minimum absolute atomic E-state index is 0.00561. The Labute approximate surface area is 113 Å². The first-order valence-corrected chi connectivity index (χ1v) is 7.57. The highest BCUT2D eigenvalue weighted by Gasteiger charge is 2.36. The third-order valence-corrected chi connectivity index (χ3v) is 4.30. The van der Waals surface area contributed by atoms with Crippen LogP contribution in [0.5, 0.6) is 0 Å². The second-order valence-corrected chi connectivity index (χ2v) is 5.77. The summed E-state index contributed by atoms with van der Waals surface area (Å²) in [6.45, 7) is 0.562. The normalized spacial score (nSPS) is 17.7. The number of benzene rings is 1. The smallest absolute Gasteiger partial charge is 0.240 e. The fraction of sp³-hybridized carbons (Fsp3) is 0.500. The number of carbonyl (C=O) groups excluding carboxylic acids is 1. The molecule has 0 atom stereocenters. The molecule has 1 aromatic rings. The maximum absolute atomic E-state index is 12.0. The quantitative estimate of drug-likeness (QED) is 0.820. The Kier molecular flexibility index (Phi) is 4.30. The van der Waals surface area contributed by atoms with Gasteiger partial charge in [-0.3, -0.25) is 4.79 Å². The van der Waals surface area contributed by atoms with E-state index in [-0.39, 0.29) is 5.91 Å². The van der Waals surface area contributed by atoms with Crippen molar-refractivity contribution in [1.29, 1.82) is 0 Å². The van der Waals surface area contributed by atoms with Crippen molar-refractivity contribution < 1.29 is 4.79 Å². The first-order chi connectivity index (χ1) is 8.64. The Balaban J connectivity index is 1.88. The van der Waals surface area contributed by atoms with Crippen LogP contribution in [-0.4, -0.2) is 17.7 Å². The number of thioether (sulfide) groups is 1. The lowest BCUT2D eigenvalue weighted by molar-refractivity contribution is -0.126. The molecule has 0 bridgehead atoms. The first-order valence-electron chi connectivity index (χ1n) is 6.34. The molecule has 3 N–H and O–H groups in total. The van der Waals surface area contributed by atoms with E-state index < -0.39 is 5.54 Å². The number of carbonyl (C=O) groups is 1. The van der Waals surface area contributed by atoms with Crippen LogP contribution in [0.15, 0.2) is 29.2 Å². The molecular weight excluding hydrogens is 244 g/mol. The number of amides is 1. The van der Waals surface area contributed by atoms with Gasteiger partial charge in [0.25, 0.3) is 0 Å². The Morgan fingerprint density at radius 2 is 1.94 bits per heavy atom. The Bertz CT molecular complexity index is 410. The van der Waals surface area contributed by atoms with Crippen molar-refractivity contribution in [2.45, 2.75) is 42.7 Å². The van der Waals surface area contributed by atoms with Crippen molar-refractivity contribution in [3.05, 3.63) is 29.8 Å². The van der Waals surface area contributed by atoms with E-state index in [2.05, 4.69) is 23.7 Å². The number of rotatable bonds is 4. The van der Waals surface area contributed by atoms with Crippen LogP contribution in [0.3, 0.4) is 0 Å². The van der Waals surface area contributed by atoms with Gasteiger partial charge in [-0.15, -0.1) is 11.8 Å². The maximum atomic E-state index is 12.0. The molecular formula is C14H20N2OS. The van der Waals surface area contributed by atoms with Crippen molar-refractivity contribution in [3.8, 4) is 0 Å². The molecule has 0 aromatic heterocycles. The van der Waals surface area contributed by atoms with Crippen molar-refractivity contribution in [2.24, 2.45) is 5.73 Å². The van der Waals surface area contributed by atoms with Crippen LogP contribution in [0, 0.1) is 0 Å². The summed E-state index contributed by atoms with van der Waals surface area (Å²) in [4.78, 5) is 13.3. The summed E-state index contributed by atoms with van der Waals surface area (Å²) in [6.07, 6.45) is 5.79. The molecule has 1 saturated carbocycles. The van der Waals surface area contributed by atoms with E-state index in [0.717, 1.165) is 31.2 Å². The maximum Gasteiger partial charge on any atom is 0.240 e. The highest BCUT2D eigenvalue weighted by Crippen LogP contribution is 2.27. The summed E-state index contributed by atoms with van der Waals surface area (Å²) in [5.74, 6) is -0.00561. The third-order valence-electron chi connectivity index (χ3n) is 3.56. The third kappa shape index (κ3) is 3.06. The Hall–Kier alpha value is -1.00. The molecule has 0 aliphatic heterocycles. The van der Waals surface area contributed by atoms with E-state index in [0.29, 0.717) is 6.54 Å². The van der Waals surface area contributed by atoms with Gasteiger partial charge in [-0.2, -0.15) is 0 Å². The zero-order valence-corrected chi connectivity index (χ0v) is 11.6. The molecule has 18 heavy (non-hydrogen) atoms. The number of hydrogen-bond donors (Lipinski definition) is 2. The van der Waals surface area contributed by atoms with Gasteiger partial charge in [0.05, 0.1) is 5.54 Å². The topological polar surface area (TPSA) is 55.1 Å². The van der Waals surface area contributed by atoms with Gasteiger partial charge in [0, 0.05) is 11.4 Å². The number of nitrogens with one attached hydrogen (secondary N) is 1. The van der Waals surface area contributed by atoms with Crippen molar-refractivity contribution in [2.75, 3.05) is 6.26 Å². The van der Waals surface area contributed by atoms with Gasteiger partial charge in [-0.25, -0.2) is 0 Å². The van der Waals surface area contributed by atoms with Crippen LogP contribution in [-0.2, 0) is 11.3 Å². The van der Waals surface area contributed by atoms with Gasteiger partial charge >= 0.3 is 0 Å². The van der Waals surface area contributed by atoms with Crippen LogP contribution in [0.2, 0.25) is 0 Å². The molecule has 0 saturated heterocycles. The molecule has 1 aliphatic carbocycles. The molecule has 1 aliphatic rings. The molecule has 2 rings (SSSR count). The molecule has 98 valence electrons. The standard InChI is InChI=1S/C14H20N2OS/c1-18-12-6-4-11(5-7-12)10-16-13(17)14(15)8-2-3-9-14/h4-7H,2-3,8-10,15H2,1H3,(H,16,17). The van der Waals surface area contributed by atoms with Crippen molar-refractivity contribution >= 4 is 17.7 Å². The minimum Gasteiger partial charge on any atom is -0.350 e. The highest BCUT2D eigenvalue weighted by atomic mass is 32.2. The van der Waals surface area contributed by atoms with Gasteiger partial charge in [0.15, 0.2) is 0 Å². The highest BCUT2D eigenvalue weighted by molar-refractivity contribution is 7.98. The second kappa shape index (κ2) is 5.76. The van der Waals surface area contributed by atoms with Gasteiger partial charge < -0.3 is 11.1 Å². The van der Waals surface area contributed by atoms with Gasteiger partial charge in [-0.05, 0) is 36.8 Å². The van der Waals surface area contributed by atoms with Gasteiger partial charge in [0.2, 0.25) is 5.91 Å². The number of hydrogen-bond acceptors (Lipinski definition) is 3. The summed E-state index contributed by atoms with van der Waals surface area (Å²) in [7, 11) is 0. The monoisotopic (exact) mass is 264 g/mol. The summed E-state index contributed by atoms with van der Waals surface area (Å²) in [5.41, 5.74) is 6.58. The van der Waals surface area contributed by atoms with Crippen LogP contribution in [0.1, 0.15) is 31.2 Å². The van der Waals surface area contributed by atoms with Crippen LogP contribution in [0.25, 0.3) is 0 Å². The lowest BCUT2D eigenvalue weighted by atomic mass is 9.98. The van der Waals surface area contributed by atoms with Crippen LogP contribution >= 0.6 is 11.8 Å². The molecule has 1 amide bonds. The lowest BCUT2D eigenvalue weighted by Gasteiger charge is -2.22.